The Bertz CT molecular complexity index is 526. The van der Waals surface area contributed by atoms with Crippen LogP contribution >= 0.6 is 11.3 Å². The van der Waals surface area contributed by atoms with Gasteiger partial charge in [-0.05, 0) is 42.5 Å². The molecule has 1 aromatic rings. The Morgan fingerprint density at radius 3 is 2.85 bits per heavy atom. The first-order valence-electron chi connectivity index (χ1n) is 7.00. The van der Waals surface area contributed by atoms with Crippen LogP contribution in [0.3, 0.4) is 0 Å². The average Bonchev–Trinajstić information content (AvgIpc) is 2.87. The summed E-state index contributed by atoms with van der Waals surface area (Å²) in [4.78, 5) is 12.9. The summed E-state index contributed by atoms with van der Waals surface area (Å²) in [5.41, 5.74) is 1.11. The molecule has 0 aliphatic heterocycles. The number of amides is 1. The molecule has 20 heavy (non-hydrogen) atoms. The average molecular weight is 291 g/mol. The minimum atomic E-state index is -0.186. The Morgan fingerprint density at radius 1 is 1.50 bits per heavy atom. The Labute approximate surface area is 124 Å². The zero-order valence-corrected chi connectivity index (χ0v) is 12.8. The normalized spacial score (nSPS) is 18.1. The number of rotatable bonds is 2. The first-order chi connectivity index (χ1) is 9.52. The highest BCUT2D eigenvalue weighted by Gasteiger charge is 2.28. The van der Waals surface area contributed by atoms with Gasteiger partial charge in [-0.15, -0.1) is 11.3 Å². The topological polar surface area (TPSA) is 49.3 Å². The van der Waals surface area contributed by atoms with Crippen LogP contribution in [0.2, 0.25) is 0 Å². The van der Waals surface area contributed by atoms with Gasteiger partial charge in [0.1, 0.15) is 11.5 Å². The van der Waals surface area contributed by atoms with Crippen molar-refractivity contribution in [1.29, 1.82) is 0 Å². The third-order valence-electron chi connectivity index (χ3n) is 3.85. The van der Waals surface area contributed by atoms with Crippen molar-refractivity contribution in [2.24, 2.45) is 5.41 Å². The molecule has 1 fully saturated rings. The fraction of sp³-hybridized carbons (Fsp3) is 0.562. The summed E-state index contributed by atoms with van der Waals surface area (Å²) in [7, 11) is 0. The lowest BCUT2D eigenvalue weighted by molar-refractivity contribution is 0.0913. The van der Waals surface area contributed by atoms with Crippen LogP contribution in [-0.2, 0) is 0 Å². The fourth-order valence-electron chi connectivity index (χ4n) is 2.51. The summed E-state index contributed by atoms with van der Waals surface area (Å²) in [5.74, 6) is 5.38. The van der Waals surface area contributed by atoms with Crippen molar-refractivity contribution in [2.45, 2.75) is 45.6 Å². The lowest BCUT2D eigenvalue weighted by Gasteiger charge is -2.34. The van der Waals surface area contributed by atoms with Crippen LogP contribution in [0.4, 0.5) is 0 Å². The lowest BCUT2D eigenvalue weighted by Crippen LogP contribution is -2.39. The van der Waals surface area contributed by atoms with Crippen LogP contribution in [0.1, 0.15) is 54.8 Å². The number of hydrogen-bond donors (Lipinski definition) is 2. The SMILES string of the molecule is CC1(C)CCC(NC(=O)c2sccc2C#CCO)CC1. The minimum absolute atomic E-state index is 0.0352. The van der Waals surface area contributed by atoms with E-state index in [9.17, 15) is 4.79 Å². The molecule has 0 bridgehead atoms. The summed E-state index contributed by atoms with van der Waals surface area (Å²) < 4.78 is 0. The maximum atomic E-state index is 12.3. The molecule has 0 atom stereocenters. The van der Waals surface area contributed by atoms with Gasteiger partial charge in [0.25, 0.3) is 5.91 Å². The molecule has 2 rings (SSSR count). The minimum Gasteiger partial charge on any atom is -0.384 e. The molecule has 1 aliphatic carbocycles. The first-order valence-corrected chi connectivity index (χ1v) is 7.88. The molecule has 1 saturated carbocycles. The van der Waals surface area contributed by atoms with Crippen LogP contribution in [-0.4, -0.2) is 23.7 Å². The standard InChI is InChI=1S/C16H21NO2S/c1-16(2)8-5-13(6-9-16)17-15(19)14-12(4-3-10-18)7-11-20-14/h7,11,13,18H,5-6,8-10H2,1-2H3,(H,17,19). The van der Waals surface area contributed by atoms with Gasteiger partial charge in [0.2, 0.25) is 0 Å². The Balaban J connectivity index is 1.97. The predicted octanol–water partition coefficient (Wildman–Crippen LogP) is 2.79. The van der Waals surface area contributed by atoms with Gasteiger partial charge in [-0.1, -0.05) is 25.7 Å². The molecule has 3 nitrogen and oxygen atoms in total. The highest BCUT2D eigenvalue weighted by atomic mass is 32.1. The van der Waals surface area contributed by atoms with Gasteiger partial charge in [-0.3, -0.25) is 4.79 Å². The number of aliphatic hydroxyl groups excluding tert-OH is 1. The van der Waals surface area contributed by atoms with Gasteiger partial charge >= 0.3 is 0 Å². The number of nitrogens with one attached hydrogen (secondary N) is 1. The molecule has 0 radical (unpaired) electrons. The number of aliphatic hydroxyl groups is 1. The Kier molecular flexibility index (Phi) is 4.85. The maximum absolute atomic E-state index is 12.3. The van der Waals surface area contributed by atoms with Crippen molar-refractivity contribution in [3.63, 3.8) is 0 Å². The van der Waals surface area contributed by atoms with E-state index >= 15 is 0 Å². The van der Waals surface area contributed by atoms with E-state index in [1.54, 1.807) is 0 Å². The molecule has 1 aromatic heterocycles. The van der Waals surface area contributed by atoms with Gasteiger partial charge in [0.15, 0.2) is 0 Å². The molecule has 0 saturated heterocycles. The summed E-state index contributed by atoms with van der Waals surface area (Å²) >= 11 is 1.40. The van der Waals surface area contributed by atoms with E-state index < -0.39 is 0 Å². The second-order valence-corrected chi connectivity index (χ2v) is 6.95. The van der Waals surface area contributed by atoms with Gasteiger partial charge in [0, 0.05) is 11.6 Å². The van der Waals surface area contributed by atoms with Gasteiger partial charge < -0.3 is 10.4 Å². The monoisotopic (exact) mass is 291 g/mol. The zero-order valence-electron chi connectivity index (χ0n) is 12.0. The number of thiophene rings is 1. The fourth-order valence-corrected chi connectivity index (χ4v) is 3.27. The zero-order chi connectivity index (χ0) is 14.6. The summed E-state index contributed by atoms with van der Waals surface area (Å²) in [6.45, 7) is 4.38. The molecular formula is C16H21NO2S. The van der Waals surface area contributed by atoms with Gasteiger partial charge in [-0.25, -0.2) is 0 Å². The molecule has 108 valence electrons. The van der Waals surface area contributed by atoms with Crippen molar-refractivity contribution in [3.8, 4) is 11.8 Å². The van der Waals surface area contributed by atoms with E-state index in [-0.39, 0.29) is 18.6 Å². The second-order valence-electron chi connectivity index (χ2n) is 6.04. The molecule has 1 amide bonds. The first kappa shape index (κ1) is 15.1. The molecule has 4 heteroatoms. The summed E-state index contributed by atoms with van der Waals surface area (Å²) in [6.07, 6.45) is 4.39. The summed E-state index contributed by atoms with van der Waals surface area (Å²) in [6, 6.07) is 2.10. The van der Waals surface area contributed by atoms with Crippen molar-refractivity contribution < 1.29 is 9.90 Å². The molecule has 2 N–H and O–H groups in total. The maximum Gasteiger partial charge on any atom is 0.262 e. The van der Waals surface area contributed by atoms with E-state index in [4.69, 9.17) is 5.11 Å². The van der Waals surface area contributed by atoms with Gasteiger partial charge in [-0.2, -0.15) is 0 Å². The van der Waals surface area contributed by atoms with E-state index in [1.807, 2.05) is 11.4 Å². The second kappa shape index (κ2) is 6.43. The van der Waals surface area contributed by atoms with Crippen molar-refractivity contribution >= 4 is 17.2 Å². The Morgan fingerprint density at radius 2 is 2.20 bits per heavy atom. The van der Waals surface area contributed by atoms with Crippen molar-refractivity contribution in [1.82, 2.24) is 5.32 Å². The molecule has 0 aromatic carbocycles. The largest absolute Gasteiger partial charge is 0.384 e. The van der Waals surface area contributed by atoms with E-state index in [1.165, 1.54) is 11.3 Å². The van der Waals surface area contributed by atoms with E-state index in [0.717, 1.165) is 25.7 Å². The number of hydrogen-bond acceptors (Lipinski definition) is 3. The molecule has 0 unspecified atom stereocenters. The summed E-state index contributed by atoms with van der Waals surface area (Å²) in [5, 5.41) is 13.7. The van der Waals surface area contributed by atoms with E-state index in [0.29, 0.717) is 15.9 Å². The highest BCUT2D eigenvalue weighted by molar-refractivity contribution is 7.12. The molecule has 1 heterocycles. The number of carbonyl (C=O) groups is 1. The van der Waals surface area contributed by atoms with E-state index in [2.05, 4.69) is 31.0 Å². The lowest BCUT2D eigenvalue weighted by atomic mass is 9.75. The van der Waals surface area contributed by atoms with Crippen LogP contribution < -0.4 is 5.32 Å². The third kappa shape index (κ3) is 3.84. The van der Waals surface area contributed by atoms with Gasteiger partial charge in [0.05, 0.1) is 0 Å². The van der Waals surface area contributed by atoms with Crippen LogP contribution in [0.25, 0.3) is 0 Å². The van der Waals surface area contributed by atoms with Crippen molar-refractivity contribution in [2.75, 3.05) is 6.61 Å². The number of carbonyl (C=O) groups excluding carboxylic acids is 1. The van der Waals surface area contributed by atoms with Crippen LogP contribution in [0.5, 0.6) is 0 Å². The molecule has 1 aliphatic rings. The quantitative estimate of drug-likeness (QED) is 0.823. The third-order valence-corrected chi connectivity index (χ3v) is 4.76. The highest BCUT2D eigenvalue weighted by Crippen LogP contribution is 2.35. The molecular weight excluding hydrogens is 270 g/mol. The Hall–Kier alpha value is -1.31. The smallest absolute Gasteiger partial charge is 0.262 e. The van der Waals surface area contributed by atoms with Crippen LogP contribution in [0, 0.1) is 17.3 Å². The molecule has 0 spiro atoms. The van der Waals surface area contributed by atoms with Crippen LogP contribution in [0.15, 0.2) is 11.4 Å². The van der Waals surface area contributed by atoms with Crippen molar-refractivity contribution in [3.05, 3.63) is 21.9 Å². The predicted molar refractivity (Wildman–Crippen MR) is 81.8 cm³/mol.